The molecule has 1 aromatic heterocycles. The lowest BCUT2D eigenvalue weighted by Crippen LogP contribution is -2.48. The molecule has 0 atom stereocenters. The summed E-state index contributed by atoms with van der Waals surface area (Å²) in [6.07, 6.45) is 4.69. The molecule has 0 fully saturated rings. The first-order valence-corrected chi connectivity index (χ1v) is 3.80. The summed E-state index contributed by atoms with van der Waals surface area (Å²) in [5.74, 6) is 0. The summed E-state index contributed by atoms with van der Waals surface area (Å²) in [4.78, 5) is 2.05. The van der Waals surface area contributed by atoms with E-state index >= 15 is 0 Å². The molecule has 0 unspecified atom stereocenters. The van der Waals surface area contributed by atoms with Gasteiger partial charge >= 0.3 is 0 Å². The van der Waals surface area contributed by atoms with Gasteiger partial charge in [-0.3, -0.25) is 0 Å². The summed E-state index contributed by atoms with van der Waals surface area (Å²) in [5, 5.41) is 4.33. The molecule has 0 saturated carbocycles. The van der Waals surface area contributed by atoms with Crippen LogP contribution in [0.15, 0.2) is 6.20 Å². The van der Waals surface area contributed by atoms with Gasteiger partial charge in [0.15, 0.2) is 0 Å². The van der Waals surface area contributed by atoms with Crippen LogP contribution in [0.2, 0.25) is 0 Å². The van der Waals surface area contributed by atoms with Crippen LogP contribution in [0.1, 0.15) is 18.5 Å². The fourth-order valence-corrected chi connectivity index (χ4v) is 1.43. The van der Waals surface area contributed by atoms with E-state index in [-0.39, 0.29) is 0 Å². The molecule has 3 heteroatoms. The summed E-state index contributed by atoms with van der Waals surface area (Å²) in [6.45, 7) is 4.27. The minimum Gasteiger partial charge on any atom is -0.135 e. The fraction of sp³-hybridized carbons (Fsp3) is 0.714. The molecule has 1 aromatic rings. The molecule has 2 rings (SSSR count). The molecule has 54 valence electrons. The highest BCUT2D eigenvalue weighted by Crippen LogP contribution is 2.00. The molecule has 0 amide bonds. The summed E-state index contributed by atoms with van der Waals surface area (Å²) in [6, 6.07) is 0. The number of nitrogens with zero attached hydrogens (tertiary/aromatic N) is 3. The first kappa shape index (κ1) is 5.89. The normalized spacial score (nSPS) is 16.9. The maximum absolute atomic E-state index is 4.33. The van der Waals surface area contributed by atoms with E-state index in [1.807, 2.05) is 6.92 Å². The molecule has 1 aliphatic rings. The Morgan fingerprint density at radius 3 is 3.30 bits per heavy atom. The van der Waals surface area contributed by atoms with Gasteiger partial charge in [0.1, 0.15) is 5.69 Å². The molecule has 0 N–H and O–H groups in total. The zero-order valence-corrected chi connectivity index (χ0v) is 6.25. The Morgan fingerprint density at radius 2 is 2.50 bits per heavy atom. The Balaban J connectivity index is 2.41. The molecule has 2 heterocycles. The van der Waals surface area contributed by atoms with E-state index in [1.165, 1.54) is 12.8 Å². The Kier molecular flexibility index (Phi) is 1.22. The number of aryl methyl sites for hydroxylation is 3. The third kappa shape index (κ3) is 0.818. The molecule has 0 aliphatic carbocycles. The second-order valence-electron chi connectivity index (χ2n) is 2.84. The minimum absolute atomic E-state index is 1.09. The molecule has 3 nitrogen and oxygen atoms in total. The van der Waals surface area contributed by atoms with Crippen molar-refractivity contribution in [1.82, 2.24) is 9.78 Å². The standard InChI is InChI=1S/C7H12N3/c1-7-6-9-4-2-3-5-10(9)8-7/h6H,2-5H2,1H3/q+1. The van der Waals surface area contributed by atoms with Crippen molar-refractivity contribution in [3.05, 3.63) is 11.9 Å². The predicted octanol–water partition coefficient (Wildman–Crippen LogP) is 0.273. The molecular weight excluding hydrogens is 126 g/mol. The van der Waals surface area contributed by atoms with E-state index in [9.17, 15) is 0 Å². The van der Waals surface area contributed by atoms with Gasteiger partial charge in [-0.15, -0.1) is 4.68 Å². The Morgan fingerprint density at radius 1 is 1.60 bits per heavy atom. The van der Waals surface area contributed by atoms with Crippen LogP contribution in [-0.4, -0.2) is 9.78 Å². The maximum Gasteiger partial charge on any atom is 0.201 e. The van der Waals surface area contributed by atoms with E-state index in [1.54, 1.807) is 0 Å². The van der Waals surface area contributed by atoms with Gasteiger partial charge in [-0.2, -0.15) is 0 Å². The maximum atomic E-state index is 4.33. The van der Waals surface area contributed by atoms with Crippen molar-refractivity contribution in [3.63, 3.8) is 0 Å². The number of hydrogen-bond donors (Lipinski definition) is 0. The van der Waals surface area contributed by atoms with Gasteiger partial charge < -0.3 is 0 Å². The lowest BCUT2D eigenvalue weighted by molar-refractivity contribution is -0.831. The average Bonchev–Trinajstić information content (AvgIpc) is 2.27. The quantitative estimate of drug-likeness (QED) is 0.472. The van der Waals surface area contributed by atoms with Crippen LogP contribution in [-0.2, 0) is 13.1 Å². The summed E-state index contributed by atoms with van der Waals surface area (Å²) in [7, 11) is 0. The second-order valence-corrected chi connectivity index (χ2v) is 2.84. The van der Waals surface area contributed by atoms with Crippen molar-refractivity contribution < 1.29 is 4.80 Å². The molecule has 0 bridgehead atoms. The van der Waals surface area contributed by atoms with E-state index in [4.69, 9.17) is 0 Å². The lowest BCUT2D eigenvalue weighted by Gasteiger charge is -2.04. The summed E-state index contributed by atoms with van der Waals surface area (Å²) >= 11 is 0. The van der Waals surface area contributed by atoms with Crippen molar-refractivity contribution in [2.24, 2.45) is 0 Å². The van der Waals surface area contributed by atoms with Crippen molar-refractivity contribution in [3.8, 4) is 0 Å². The predicted molar refractivity (Wildman–Crippen MR) is 36.4 cm³/mol. The second kappa shape index (κ2) is 2.08. The number of rotatable bonds is 0. The average molecular weight is 138 g/mol. The van der Waals surface area contributed by atoms with Gasteiger partial charge in [0.2, 0.25) is 6.54 Å². The number of aromatic nitrogens is 3. The highest BCUT2D eigenvalue weighted by atomic mass is 15.5. The molecular formula is C7H12N3+. The zero-order valence-electron chi connectivity index (χ0n) is 6.25. The Hall–Kier alpha value is -0.860. The highest BCUT2D eigenvalue weighted by Gasteiger charge is 2.16. The van der Waals surface area contributed by atoms with Crippen LogP contribution in [0.25, 0.3) is 0 Å². The van der Waals surface area contributed by atoms with E-state index in [2.05, 4.69) is 20.8 Å². The van der Waals surface area contributed by atoms with Crippen LogP contribution in [0.4, 0.5) is 0 Å². The SMILES string of the molecule is Cc1cn2[n+](n1)CCCC2. The molecule has 0 radical (unpaired) electrons. The number of fused-ring (bicyclic) bond motifs is 1. The highest BCUT2D eigenvalue weighted by molar-refractivity contribution is 4.83. The summed E-state index contributed by atoms with van der Waals surface area (Å²) in [5.41, 5.74) is 1.13. The molecule has 0 saturated heterocycles. The zero-order chi connectivity index (χ0) is 6.97. The minimum atomic E-state index is 1.09. The largest absolute Gasteiger partial charge is 0.201 e. The Bertz CT molecular complexity index is 215. The van der Waals surface area contributed by atoms with E-state index in [0.717, 1.165) is 18.8 Å². The van der Waals surface area contributed by atoms with Gasteiger partial charge in [-0.25, -0.2) is 0 Å². The first-order chi connectivity index (χ1) is 4.86. The molecule has 0 spiro atoms. The summed E-state index contributed by atoms with van der Waals surface area (Å²) < 4.78 is 2.19. The molecule has 1 aliphatic heterocycles. The third-order valence-corrected chi connectivity index (χ3v) is 1.90. The number of hydrogen-bond acceptors (Lipinski definition) is 1. The van der Waals surface area contributed by atoms with Crippen LogP contribution in [0, 0.1) is 6.92 Å². The van der Waals surface area contributed by atoms with Crippen LogP contribution >= 0.6 is 0 Å². The Labute approximate surface area is 60.3 Å². The third-order valence-electron chi connectivity index (χ3n) is 1.90. The first-order valence-electron chi connectivity index (χ1n) is 3.80. The van der Waals surface area contributed by atoms with Crippen molar-refractivity contribution in [2.45, 2.75) is 32.9 Å². The fourth-order valence-electron chi connectivity index (χ4n) is 1.43. The van der Waals surface area contributed by atoms with E-state index < -0.39 is 0 Å². The smallest absolute Gasteiger partial charge is 0.135 e. The van der Waals surface area contributed by atoms with Crippen molar-refractivity contribution in [2.75, 3.05) is 0 Å². The topological polar surface area (TPSA) is 21.7 Å². The monoisotopic (exact) mass is 138 g/mol. The van der Waals surface area contributed by atoms with Gasteiger partial charge in [0, 0.05) is 11.5 Å². The van der Waals surface area contributed by atoms with Gasteiger partial charge in [-0.05, 0) is 18.1 Å². The molecule has 10 heavy (non-hydrogen) atoms. The van der Waals surface area contributed by atoms with Gasteiger partial charge in [0.25, 0.3) is 0 Å². The van der Waals surface area contributed by atoms with Gasteiger partial charge in [-0.1, -0.05) is 0 Å². The van der Waals surface area contributed by atoms with Crippen LogP contribution in [0.3, 0.4) is 0 Å². The lowest BCUT2D eigenvalue weighted by atomic mass is 10.3. The van der Waals surface area contributed by atoms with Crippen molar-refractivity contribution >= 4 is 0 Å². The molecule has 0 aromatic carbocycles. The van der Waals surface area contributed by atoms with Crippen molar-refractivity contribution in [1.29, 1.82) is 0 Å². The van der Waals surface area contributed by atoms with Gasteiger partial charge in [0.05, 0.1) is 12.7 Å². The van der Waals surface area contributed by atoms with E-state index in [0.29, 0.717) is 0 Å². The van der Waals surface area contributed by atoms with Crippen LogP contribution < -0.4 is 4.80 Å². The van der Waals surface area contributed by atoms with Crippen LogP contribution in [0.5, 0.6) is 0 Å².